The second-order valence-electron chi connectivity index (χ2n) is 16.3. The maximum atomic E-state index is 5.00. The third-order valence-electron chi connectivity index (χ3n) is 12.8. The zero-order chi connectivity index (χ0) is 38.5. The van der Waals surface area contributed by atoms with Gasteiger partial charge in [-0.1, -0.05) is 153 Å². The lowest BCUT2D eigenvalue weighted by Gasteiger charge is -2.22. The molecule has 1 aliphatic carbocycles. The van der Waals surface area contributed by atoms with Gasteiger partial charge < -0.3 is 4.57 Å². The van der Waals surface area contributed by atoms with Gasteiger partial charge >= 0.3 is 0 Å². The lowest BCUT2D eigenvalue weighted by Crippen LogP contribution is -2.15. The molecule has 2 nitrogen and oxygen atoms in total. The maximum absolute atomic E-state index is 5.00. The van der Waals surface area contributed by atoms with Gasteiger partial charge in [0.05, 0.1) is 16.7 Å². The highest BCUT2D eigenvalue weighted by molar-refractivity contribution is 6.25. The molecule has 0 fully saturated rings. The summed E-state index contributed by atoms with van der Waals surface area (Å²) >= 11 is 0. The van der Waals surface area contributed by atoms with Crippen molar-refractivity contribution in [3.8, 4) is 50.3 Å². The van der Waals surface area contributed by atoms with Crippen LogP contribution >= 0.6 is 0 Å². The summed E-state index contributed by atoms with van der Waals surface area (Å²) in [7, 11) is 0. The lowest BCUT2D eigenvalue weighted by molar-refractivity contribution is 0.661. The van der Waals surface area contributed by atoms with Crippen molar-refractivity contribution in [3.63, 3.8) is 0 Å². The van der Waals surface area contributed by atoms with Crippen molar-refractivity contribution < 1.29 is 0 Å². The monoisotopic (exact) mass is 738 g/mol. The second kappa shape index (κ2) is 12.4. The highest BCUT2D eigenvalue weighted by Gasteiger charge is 2.36. The Morgan fingerprint density at radius 3 is 1.52 bits per heavy atom. The number of aromatic nitrogens is 2. The minimum Gasteiger partial charge on any atom is -0.309 e. The molecule has 0 spiro atoms. The number of pyridine rings is 1. The fourth-order valence-corrected chi connectivity index (χ4v) is 9.89. The van der Waals surface area contributed by atoms with Crippen LogP contribution in [0.5, 0.6) is 0 Å². The zero-order valence-corrected chi connectivity index (χ0v) is 32.4. The quantitative estimate of drug-likeness (QED) is 0.164. The molecule has 0 radical (unpaired) electrons. The first kappa shape index (κ1) is 32.9. The molecule has 2 aromatic heterocycles. The summed E-state index contributed by atoms with van der Waals surface area (Å²) in [6.07, 6.45) is 2.06. The van der Waals surface area contributed by atoms with Gasteiger partial charge in [0.25, 0.3) is 0 Å². The topological polar surface area (TPSA) is 17.8 Å². The van der Waals surface area contributed by atoms with Gasteiger partial charge in [0.15, 0.2) is 0 Å². The van der Waals surface area contributed by atoms with E-state index in [1.54, 1.807) is 0 Å². The average molecular weight is 739 g/mol. The van der Waals surface area contributed by atoms with Crippen LogP contribution in [0.1, 0.15) is 25.0 Å². The predicted octanol–water partition coefficient (Wildman–Crippen LogP) is 14.9. The predicted molar refractivity (Wildman–Crippen MR) is 245 cm³/mol. The van der Waals surface area contributed by atoms with Crippen molar-refractivity contribution in [1.29, 1.82) is 0 Å². The molecule has 0 bridgehead atoms. The third-order valence-corrected chi connectivity index (χ3v) is 12.8. The molecule has 12 rings (SSSR count). The average Bonchev–Trinajstić information content (AvgIpc) is 3.74. The Bertz CT molecular complexity index is 3420. The smallest absolute Gasteiger partial charge is 0.0708 e. The molecule has 2 heterocycles. The van der Waals surface area contributed by atoms with Gasteiger partial charge in [-0.05, 0) is 120 Å². The number of benzene rings is 9. The van der Waals surface area contributed by atoms with Crippen LogP contribution in [0.25, 0.3) is 104 Å². The van der Waals surface area contributed by atoms with Crippen LogP contribution in [0.4, 0.5) is 0 Å². The second-order valence-corrected chi connectivity index (χ2v) is 16.3. The Morgan fingerprint density at radius 2 is 0.845 bits per heavy atom. The van der Waals surface area contributed by atoms with E-state index in [1.165, 1.54) is 104 Å². The van der Waals surface area contributed by atoms with Gasteiger partial charge in [-0.25, -0.2) is 0 Å². The minimum absolute atomic E-state index is 0.147. The number of para-hydroxylation sites is 2. The number of nitrogens with zero attached hydrogens (tertiary/aromatic N) is 2. The van der Waals surface area contributed by atoms with E-state index in [9.17, 15) is 0 Å². The fraction of sp³-hybridized carbons (Fsp3) is 0.0536. The molecular formula is C56H38N2. The third kappa shape index (κ3) is 4.82. The molecule has 0 N–H and O–H groups in total. The van der Waals surface area contributed by atoms with Crippen molar-refractivity contribution in [2.45, 2.75) is 19.3 Å². The summed E-state index contributed by atoms with van der Waals surface area (Å²) in [5.74, 6) is 0. The molecular weight excluding hydrogens is 701 g/mol. The van der Waals surface area contributed by atoms with Crippen molar-refractivity contribution in [3.05, 3.63) is 205 Å². The van der Waals surface area contributed by atoms with Crippen molar-refractivity contribution >= 4 is 54.1 Å². The summed E-state index contributed by atoms with van der Waals surface area (Å²) in [4.78, 5) is 5.00. The maximum Gasteiger partial charge on any atom is 0.0708 e. The van der Waals surface area contributed by atoms with E-state index in [2.05, 4.69) is 213 Å². The fourth-order valence-electron chi connectivity index (χ4n) is 9.89. The van der Waals surface area contributed by atoms with E-state index in [0.29, 0.717) is 0 Å². The van der Waals surface area contributed by atoms with E-state index in [4.69, 9.17) is 4.98 Å². The van der Waals surface area contributed by atoms with Gasteiger partial charge in [0.1, 0.15) is 0 Å². The molecule has 11 aromatic rings. The van der Waals surface area contributed by atoms with Gasteiger partial charge in [-0.15, -0.1) is 0 Å². The summed E-state index contributed by atoms with van der Waals surface area (Å²) in [5.41, 5.74) is 15.9. The molecule has 1 aliphatic rings. The van der Waals surface area contributed by atoms with Crippen molar-refractivity contribution in [1.82, 2.24) is 9.55 Å². The van der Waals surface area contributed by atoms with Crippen LogP contribution in [-0.2, 0) is 5.41 Å². The molecule has 272 valence electrons. The highest BCUT2D eigenvalue weighted by atomic mass is 15.0. The first-order chi connectivity index (χ1) is 28.5. The molecule has 2 heteroatoms. The molecule has 58 heavy (non-hydrogen) atoms. The van der Waals surface area contributed by atoms with Gasteiger partial charge in [-0.2, -0.15) is 0 Å². The van der Waals surface area contributed by atoms with E-state index in [0.717, 1.165) is 11.3 Å². The molecule has 0 saturated heterocycles. The normalized spacial score (nSPS) is 13.1. The first-order valence-corrected chi connectivity index (χ1v) is 20.2. The number of fused-ring (bicyclic) bond motifs is 12. The summed E-state index contributed by atoms with van der Waals surface area (Å²) in [6, 6.07) is 69.1. The Morgan fingerprint density at radius 1 is 0.362 bits per heavy atom. The number of hydrogen-bond acceptors (Lipinski definition) is 1. The molecule has 0 unspecified atom stereocenters. The standard InChI is InChI=1S/C56H38N2/c1-56(2)51-31-38(35-20-22-36(23-21-35)53-33-48-43-16-8-6-14-41(43)42-15-7-9-17-44(42)50(48)34-57-53)24-27-45(51)46-28-25-39(32-52(46)56)37-26-29-55-49(30-37)47-18-10-11-19-54(47)58(55)40-12-4-3-5-13-40/h3-34H,1-2H3. The molecule has 0 aliphatic heterocycles. The van der Waals surface area contributed by atoms with Crippen LogP contribution in [0.2, 0.25) is 0 Å². The zero-order valence-electron chi connectivity index (χ0n) is 32.4. The summed E-state index contributed by atoms with van der Waals surface area (Å²) < 4.78 is 2.38. The van der Waals surface area contributed by atoms with Crippen molar-refractivity contribution in [2.24, 2.45) is 0 Å². The number of rotatable bonds is 4. The SMILES string of the molecule is CC1(C)c2cc(-c3ccc(-c4cc5c6ccccc6c6ccccc6c5cn4)cc3)ccc2-c2ccc(-c3ccc4c(c3)c3ccccc3n4-c3ccccc3)cc21. The molecule has 0 atom stereocenters. The summed E-state index contributed by atoms with van der Waals surface area (Å²) in [6.45, 7) is 4.76. The highest BCUT2D eigenvalue weighted by Crippen LogP contribution is 2.51. The number of hydrogen-bond donors (Lipinski definition) is 0. The van der Waals surface area contributed by atoms with E-state index in [1.807, 2.05) is 0 Å². The van der Waals surface area contributed by atoms with Crippen LogP contribution in [0.15, 0.2) is 194 Å². The van der Waals surface area contributed by atoms with Gasteiger partial charge in [0.2, 0.25) is 0 Å². The Kier molecular flexibility index (Phi) is 7.01. The van der Waals surface area contributed by atoms with Gasteiger partial charge in [-0.3, -0.25) is 4.98 Å². The minimum atomic E-state index is -0.147. The molecule has 0 amide bonds. The first-order valence-electron chi connectivity index (χ1n) is 20.2. The van der Waals surface area contributed by atoms with Crippen LogP contribution < -0.4 is 0 Å². The van der Waals surface area contributed by atoms with Crippen LogP contribution in [0.3, 0.4) is 0 Å². The Balaban J connectivity index is 0.882. The van der Waals surface area contributed by atoms with Crippen LogP contribution in [0, 0.1) is 0 Å². The Hall–Kier alpha value is -7.29. The lowest BCUT2D eigenvalue weighted by atomic mass is 9.81. The largest absolute Gasteiger partial charge is 0.309 e. The molecule has 0 saturated carbocycles. The van der Waals surface area contributed by atoms with E-state index < -0.39 is 0 Å². The van der Waals surface area contributed by atoms with Crippen LogP contribution in [-0.4, -0.2) is 9.55 Å². The van der Waals surface area contributed by atoms with E-state index in [-0.39, 0.29) is 5.41 Å². The van der Waals surface area contributed by atoms with Gasteiger partial charge in [0, 0.05) is 39.0 Å². The van der Waals surface area contributed by atoms with E-state index >= 15 is 0 Å². The van der Waals surface area contributed by atoms with Crippen molar-refractivity contribution in [2.75, 3.05) is 0 Å². The summed E-state index contributed by atoms with van der Waals surface area (Å²) in [5, 5.41) is 10.0. The Labute approximate surface area is 337 Å². The molecule has 9 aromatic carbocycles.